The second-order valence-corrected chi connectivity index (χ2v) is 4.26. The van der Waals surface area contributed by atoms with E-state index in [1.165, 1.54) is 17.0 Å². The lowest BCUT2D eigenvalue weighted by Gasteiger charge is -2.18. The molecule has 2 rings (SSSR count). The summed E-state index contributed by atoms with van der Waals surface area (Å²) < 4.78 is 0. The van der Waals surface area contributed by atoms with Crippen molar-refractivity contribution < 1.29 is 24.9 Å². The molecular weight excluding hydrogens is 238 g/mol. The van der Waals surface area contributed by atoms with Crippen LogP contribution in [-0.4, -0.2) is 40.3 Å². The van der Waals surface area contributed by atoms with Gasteiger partial charge in [-0.3, -0.25) is 4.79 Å². The van der Waals surface area contributed by atoms with Crippen LogP contribution < -0.4 is 4.90 Å². The van der Waals surface area contributed by atoms with Gasteiger partial charge in [0.05, 0.1) is 11.3 Å². The normalized spacial score (nSPS) is 19.3. The van der Waals surface area contributed by atoms with Crippen molar-refractivity contribution >= 4 is 17.6 Å². The second kappa shape index (κ2) is 4.66. The standard InChI is InChI=1S/C12H13NO5/c14-6-7-3-11(16)13(5-7)10-2-1-8(15)4-9(10)12(17)18/h1-2,4,7,14-15H,3,5-6H2,(H,17,18). The van der Waals surface area contributed by atoms with Gasteiger partial charge in [0.25, 0.3) is 0 Å². The topological polar surface area (TPSA) is 98.1 Å². The predicted octanol–water partition coefficient (Wildman–Crippen LogP) is 0.436. The molecule has 6 heteroatoms. The van der Waals surface area contributed by atoms with Crippen molar-refractivity contribution in [3.8, 4) is 5.75 Å². The SMILES string of the molecule is O=C(O)c1cc(O)ccc1N1CC(CO)CC1=O. The summed E-state index contributed by atoms with van der Waals surface area (Å²) in [6.45, 7) is 0.184. The van der Waals surface area contributed by atoms with Crippen LogP contribution in [0.4, 0.5) is 5.69 Å². The summed E-state index contributed by atoms with van der Waals surface area (Å²) >= 11 is 0. The molecule has 1 aliphatic heterocycles. The van der Waals surface area contributed by atoms with Crippen LogP contribution in [0.25, 0.3) is 0 Å². The number of anilines is 1. The summed E-state index contributed by atoms with van der Waals surface area (Å²) in [5.74, 6) is -1.77. The van der Waals surface area contributed by atoms with E-state index in [0.29, 0.717) is 6.54 Å². The molecule has 0 spiro atoms. The molecule has 18 heavy (non-hydrogen) atoms. The fourth-order valence-corrected chi connectivity index (χ4v) is 2.07. The highest BCUT2D eigenvalue weighted by Gasteiger charge is 2.32. The van der Waals surface area contributed by atoms with Crippen LogP contribution in [0.5, 0.6) is 5.75 Å². The van der Waals surface area contributed by atoms with Crippen molar-refractivity contribution in [3.63, 3.8) is 0 Å². The molecule has 0 bridgehead atoms. The van der Waals surface area contributed by atoms with E-state index in [4.69, 9.17) is 10.2 Å². The molecule has 0 aliphatic carbocycles. The average Bonchev–Trinajstić information content (AvgIpc) is 2.70. The zero-order valence-corrected chi connectivity index (χ0v) is 9.54. The number of carboxylic acids is 1. The summed E-state index contributed by atoms with van der Waals surface area (Å²) in [6.07, 6.45) is 0.205. The number of phenolic OH excluding ortho intramolecular Hbond substituents is 1. The van der Waals surface area contributed by atoms with Gasteiger partial charge in [0, 0.05) is 25.5 Å². The van der Waals surface area contributed by atoms with Crippen molar-refractivity contribution in [3.05, 3.63) is 23.8 Å². The number of amides is 1. The van der Waals surface area contributed by atoms with E-state index in [2.05, 4.69) is 0 Å². The fourth-order valence-electron chi connectivity index (χ4n) is 2.07. The number of aliphatic hydroxyl groups excluding tert-OH is 1. The Balaban J connectivity index is 2.39. The molecule has 1 unspecified atom stereocenters. The van der Waals surface area contributed by atoms with Crippen LogP contribution >= 0.6 is 0 Å². The highest BCUT2D eigenvalue weighted by Crippen LogP contribution is 2.30. The molecule has 1 fully saturated rings. The minimum absolute atomic E-state index is 0.108. The first-order valence-corrected chi connectivity index (χ1v) is 5.50. The van der Waals surface area contributed by atoms with Crippen molar-refractivity contribution in [2.45, 2.75) is 6.42 Å². The van der Waals surface area contributed by atoms with Crippen LogP contribution in [0.15, 0.2) is 18.2 Å². The first kappa shape index (κ1) is 12.4. The largest absolute Gasteiger partial charge is 0.508 e. The highest BCUT2D eigenvalue weighted by molar-refractivity contribution is 6.03. The molecule has 1 heterocycles. The predicted molar refractivity (Wildman–Crippen MR) is 62.6 cm³/mol. The van der Waals surface area contributed by atoms with E-state index in [1.807, 2.05) is 0 Å². The number of nitrogens with zero attached hydrogens (tertiary/aromatic N) is 1. The first-order chi connectivity index (χ1) is 8.52. The van der Waals surface area contributed by atoms with Gasteiger partial charge in [-0.2, -0.15) is 0 Å². The molecule has 0 saturated carbocycles. The van der Waals surface area contributed by atoms with Crippen LogP contribution in [-0.2, 0) is 4.79 Å². The minimum atomic E-state index is -1.21. The molecular formula is C12H13NO5. The summed E-state index contributed by atoms with van der Waals surface area (Å²) in [5.41, 5.74) is 0.128. The third-order valence-corrected chi connectivity index (χ3v) is 2.96. The quantitative estimate of drug-likeness (QED) is 0.724. The number of phenols is 1. The van der Waals surface area contributed by atoms with Gasteiger partial charge in [0.15, 0.2) is 0 Å². The van der Waals surface area contributed by atoms with Gasteiger partial charge in [-0.25, -0.2) is 4.79 Å². The number of carbonyl (C=O) groups excluding carboxylic acids is 1. The van der Waals surface area contributed by atoms with E-state index < -0.39 is 5.97 Å². The summed E-state index contributed by atoms with van der Waals surface area (Å²) in [6, 6.07) is 3.84. The zero-order chi connectivity index (χ0) is 13.3. The molecule has 1 aromatic rings. The van der Waals surface area contributed by atoms with Crippen molar-refractivity contribution in [1.29, 1.82) is 0 Å². The number of rotatable bonds is 3. The lowest BCUT2D eigenvalue weighted by atomic mass is 10.1. The van der Waals surface area contributed by atoms with Gasteiger partial charge >= 0.3 is 5.97 Å². The van der Waals surface area contributed by atoms with E-state index in [0.717, 1.165) is 6.07 Å². The smallest absolute Gasteiger partial charge is 0.337 e. The molecule has 96 valence electrons. The number of carbonyl (C=O) groups is 2. The average molecular weight is 251 g/mol. The maximum atomic E-state index is 11.8. The molecule has 0 radical (unpaired) electrons. The number of aromatic carboxylic acids is 1. The monoisotopic (exact) mass is 251 g/mol. The van der Waals surface area contributed by atoms with Crippen molar-refractivity contribution in [2.24, 2.45) is 5.92 Å². The van der Waals surface area contributed by atoms with Crippen LogP contribution in [0.2, 0.25) is 0 Å². The molecule has 6 nitrogen and oxygen atoms in total. The van der Waals surface area contributed by atoms with E-state index >= 15 is 0 Å². The second-order valence-electron chi connectivity index (χ2n) is 4.26. The Morgan fingerprint density at radius 2 is 2.17 bits per heavy atom. The molecule has 1 amide bonds. The van der Waals surface area contributed by atoms with Gasteiger partial charge in [0.2, 0.25) is 5.91 Å². The maximum Gasteiger partial charge on any atom is 0.337 e. The maximum absolute atomic E-state index is 11.8. The van der Waals surface area contributed by atoms with Gasteiger partial charge < -0.3 is 20.2 Å². The van der Waals surface area contributed by atoms with E-state index in [1.54, 1.807) is 0 Å². The summed E-state index contributed by atoms with van der Waals surface area (Å²) in [5, 5.41) is 27.4. The zero-order valence-electron chi connectivity index (χ0n) is 9.54. The van der Waals surface area contributed by atoms with E-state index in [9.17, 15) is 14.7 Å². The van der Waals surface area contributed by atoms with Gasteiger partial charge in [-0.05, 0) is 18.2 Å². The third-order valence-electron chi connectivity index (χ3n) is 2.96. The number of hydrogen-bond acceptors (Lipinski definition) is 4. The van der Waals surface area contributed by atoms with E-state index in [-0.39, 0.29) is 41.9 Å². The Labute approximate surface area is 103 Å². The lowest BCUT2D eigenvalue weighted by Crippen LogP contribution is -2.26. The minimum Gasteiger partial charge on any atom is -0.508 e. The van der Waals surface area contributed by atoms with Gasteiger partial charge in [0.1, 0.15) is 5.75 Å². The Hall–Kier alpha value is -2.08. The highest BCUT2D eigenvalue weighted by atomic mass is 16.4. The summed E-state index contributed by atoms with van der Waals surface area (Å²) in [7, 11) is 0. The van der Waals surface area contributed by atoms with Crippen LogP contribution in [0, 0.1) is 5.92 Å². The molecule has 3 N–H and O–H groups in total. The molecule has 1 aliphatic rings. The number of aromatic hydroxyl groups is 1. The fraction of sp³-hybridized carbons (Fsp3) is 0.333. The van der Waals surface area contributed by atoms with Crippen molar-refractivity contribution in [2.75, 3.05) is 18.1 Å². The number of hydrogen-bond donors (Lipinski definition) is 3. The molecule has 1 aromatic carbocycles. The van der Waals surface area contributed by atoms with Gasteiger partial charge in [-0.15, -0.1) is 0 Å². The summed E-state index contributed by atoms with van der Waals surface area (Å²) in [4.78, 5) is 24.2. The number of aliphatic hydroxyl groups is 1. The number of benzene rings is 1. The molecule has 1 saturated heterocycles. The van der Waals surface area contributed by atoms with Crippen LogP contribution in [0.3, 0.4) is 0 Å². The third kappa shape index (κ3) is 2.14. The molecule has 1 atom stereocenters. The first-order valence-electron chi connectivity index (χ1n) is 5.50. The Kier molecular flexibility index (Phi) is 3.20. The Bertz CT molecular complexity index is 499. The van der Waals surface area contributed by atoms with Crippen LogP contribution in [0.1, 0.15) is 16.8 Å². The lowest BCUT2D eigenvalue weighted by molar-refractivity contribution is -0.117. The van der Waals surface area contributed by atoms with Crippen molar-refractivity contribution in [1.82, 2.24) is 0 Å². The van der Waals surface area contributed by atoms with Gasteiger partial charge in [-0.1, -0.05) is 0 Å². The Morgan fingerprint density at radius 1 is 1.44 bits per heavy atom. The molecule has 0 aromatic heterocycles. The Morgan fingerprint density at radius 3 is 2.72 bits per heavy atom. The number of carboxylic acid groups (broad SMARTS) is 1.